The maximum Gasteiger partial charge on any atom is 0.439 e. The normalized spacial score (nSPS) is 12.2. The number of fused-ring (bicyclic) bond motifs is 3. The fourth-order valence-corrected chi connectivity index (χ4v) is 2.27. The summed E-state index contributed by atoms with van der Waals surface area (Å²) in [6.45, 7) is 6.10. The molecule has 0 saturated carbocycles. The monoisotopic (exact) mass is 254 g/mol. The minimum atomic E-state index is -0.554. The van der Waals surface area contributed by atoms with Crippen molar-refractivity contribution >= 4 is 21.7 Å². The van der Waals surface area contributed by atoms with E-state index < -0.39 is 5.76 Å². The molecule has 4 heteroatoms. The topological polar surface area (TPSA) is 56.0 Å². The van der Waals surface area contributed by atoms with Crippen LogP contribution in [0.2, 0.25) is 0 Å². The number of rotatable bonds is 0. The van der Waals surface area contributed by atoms with Crippen LogP contribution in [-0.4, -0.2) is 9.97 Å². The molecule has 2 aromatic heterocycles. The molecule has 3 aromatic rings. The zero-order valence-electron chi connectivity index (χ0n) is 11.1. The van der Waals surface area contributed by atoms with Crippen molar-refractivity contribution < 1.29 is 4.42 Å². The van der Waals surface area contributed by atoms with E-state index >= 15 is 0 Å². The third-order valence-electron chi connectivity index (χ3n) is 3.13. The van der Waals surface area contributed by atoms with Crippen LogP contribution < -0.4 is 5.76 Å². The van der Waals surface area contributed by atoms with Gasteiger partial charge in [-0.25, -0.2) is 4.79 Å². The van der Waals surface area contributed by atoms with E-state index in [1.807, 2.05) is 39.0 Å². The van der Waals surface area contributed by atoms with Gasteiger partial charge in [-0.05, 0) is 12.1 Å². The Balaban J connectivity index is 2.55. The molecule has 0 aliphatic carbocycles. The summed E-state index contributed by atoms with van der Waals surface area (Å²) in [5.41, 5.74) is 1.14. The highest BCUT2D eigenvalue weighted by Gasteiger charge is 2.21. The van der Waals surface area contributed by atoms with Crippen LogP contribution in [0.15, 0.2) is 39.8 Å². The average molecular weight is 254 g/mol. The Morgan fingerprint density at radius 2 is 1.89 bits per heavy atom. The standard InChI is InChI=1S/C15H14N2O2/c1-15(2,3)13-11-5-4-9-8-16-7-6-10(9)12(11)19-14(18)17-13/h4-8H,1-3H3. The lowest BCUT2D eigenvalue weighted by Crippen LogP contribution is -2.19. The molecule has 0 spiro atoms. The lowest BCUT2D eigenvalue weighted by molar-refractivity contribution is 0.500. The molecule has 2 heterocycles. The first-order valence-corrected chi connectivity index (χ1v) is 6.15. The van der Waals surface area contributed by atoms with Crippen LogP contribution in [0.25, 0.3) is 21.7 Å². The lowest BCUT2D eigenvalue weighted by atomic mass is 9.89. The Kier molecular flexibility index (Phi) is 2.42. The van der Waals surface area contributed by atoms with Gasteiger partial charge in [0, 0.05) is 34.0 Å². The van der Waals surface area contributed by atoms with E-state index in [2.05, 4.69) is 9.97 Å². The minimum absolute atomic E-state index is 0.213. The van der Waals surface area contributed by atoms with Crippen LogP contribution in [0, 0.1) is 0 Å². The zero-order valence-corrected chi connectivity index (χ0v) is 11.1. The van der Waals surface area contributed by atoms with E-state index in [4.69, 9.17) is 4.42 Å². The van der Waals surface area contributed by atoms with Gasteiger partial charge in [-0.1, -0.05) is 26.8 Å². The third-order valence-corrected chi connectivity index (χ3v) is 3.13. The lowest BCUT2D eigenvalue weighted by Gasteiger charge is -2.18. The number of aromatic nitrogens is 2. The fourth-order valence-electron chi connectivity index (χ4n) is 2.27. The second-order valence-corrected chi connectivity index (χ2v) is 5.62. The molecule has 0 bridgehead atoms. The molecule has 0 saturated heterocycles. The van der Waals surface area contributed by atoms with Gasteiger partial charge < -0.3 is 4.42 Å². The number of benzene rings is 1. The van der Waals surface area contributed by atoms with E-state index in [1.54, 1.807) is 12.4 Å². The number of hydrogen-bond acceptors (Lipinski definition) is 4. The first-order chi connectivity index (χ1) is 8.97. The predicted octanol–water partition coefficient (Wildman–Crippen LogP) is 3.03. The Hall–Kier alpha value is -2.23. The molecular formula is C15H14N2O2. The van der Waals surface area contributed by atoms with Crippen molar-refractivity contribution in [1.29, 1.82) is 0 Å². The van der Waals surface area contributed by atoms with Gasteiger partial charge in [-0.2, -0.15) is 4.98 Å². The number of nitrogens with zero attached hydrogens (tertiary/aromatic N) is 2. The van der Waals surface area contributed by atoms with Crippen molar-refractivity contribution in [2.24, 2.45) is 0 Å². The van der Waals surface area contributed by atoms with Crippen molar-refractivity contribution in [3.63, 3.8) is 0 Å². The summed E-state index contributed by atoms with van der Waals surface area (Å²) >= 11 is 0. The molecule has 0 amide bonds. The van der Waals surface area contributed by atoms with Crippen LogP contribution in [0.4, 0.5) is 0 Å². The molecule has 0 aliphatic heterocycles. The van der Waals surface area contributed by atoms with Gasteiger partial charge in [0.25, 0.3) is 0 Å². The summed E-state index contributed by atoms with van der Waals surface area (Å²) in [7, 11) is 0. The highest BCUT2D eigenvalue weighted by atomic mass is 16.4. The molecule has 3 rings (SSSR count). The van der Waals surface area contributed by atoms with Crippen molar-refractivity contribution in [3.05, 3.63) is 46.8 Å². The van der Waals surface area contributed by atoms with Crippen LogP contribution in [-0.2, 0) is 5.41 Å². The van der Waals surface area contributed by atoms with Crippen LogP contribution in [0.1, 0.15) is 26.5 Å². The summed E-state index contributed by atoms with van der Waals surface area (Å²) in [6, 6.07) is 5.77. The van der Waals surface area contributed by atoms with Gasteiger partial charge in [0.15, 0.2) is 0 Å². The maximum atomic E-state index is 11.7. The van der Waals surface area contributed by atoms with Gasteiger partial charge in [-0.3, -0.25) is 4.98 Å². The van der Waals surface area contributed by atoms with Crippen LogP contribution >= 0.6 is 0 Å². The molecule has 19 heavy (non-hydrogen) atoms. The van der Waals surface area contributed by atoms with Crippen molar-refractivity contribution in [2.75, 3.05) is 0 Å². The Bertz CT molecular complexity index is 829. The van der Waals surface area contributed by atoms with Crippen molar-refractivity contribution in [1.82, 2.24) is 9.97 Å². The maximum absolute atomic E-state index is 11.7. The molecule has 0 fully saturated rings. The van der Waals surface area contributed by atoms with E-state index in [0.717, 1.165) is 21.9 Å². The van der Waals surface area contributed by atoms with Crippen molar-refractivity contribution in [3.8, 4) is 0 Å². The van der Waals surface area contributed by atoms with Gasteiger partial charge in [0.1, 0.15) is 5.58 Å². The number of hydrogen-bond donors (Lipinski definition) is 0. The van der Waals surface area contributed by atoms with Crippen LogP contribution in [0.3, 0.4) is 0 Å². The number of pyridine rings is 1. The molecule has 0 atom stereocenters. The average Bonchev–Trinajstić information content (AvgIpc) is 2.36. The first-order valence-electron chi connectivity index (χ1n) is 6.15. The molecule has 1 aromatic carbocycles. The van der Waals surface area contributed by atoms with Gasteiger partial charge in [0.2, 0.25) is 0 Å². The minimum Gasteiger partial charge on any atom is -0.407 e. The third kappa shape index (κ3) is 1.89. The Morgan fingerprint density at radius 3 is 2.63 bits per heavy atom. The molecular weight excluding hydrogens is 240 g/mol. The predicted molar refractivity (Wildman–Crippen MR) is 74.3 cm³/mol. The smallest absolute Gasteiger partial charge is 0.407 e. The largest absolute Gasteiger partial charge is 0.439 e. The van der Waals surface area contributed by atoms with E-state index in [9.17, 15) is 4.79 Å². The summed E-state index contributed by atoms with van der Waals surface area (Å²) in [5.74, 6) is -0.554. The Morgan fingerprint density at radius 1 is 1.11 bits per heavy atom. The molecule has 0 radical (unpaired) electrons. The highest BCUT2D eigenvalue weighted by Crippen LogP contribution is 2.30. The van der Waals surface area contributed by atoms with Gasteiger partial charge in [-0.15, -0.1) is 0 Å². The van der Waals surface area contributed by atoms with Crippen molar-refractivity contribution in [2.45, 2.75) is 26.2 Å². The van der Waals surface area contributed by atoms with E-state index in [-0.39, 0.29) is 5.41 Å². The second-order valence-electron chi connectivity index (χ2n) is 5.62. The molecule has 0 aliphatic rings. The fraction of sp³-hybridized carbons (Fsp3) is 0.267. The van der Waals surface area contributed by atoms with Gasteiger partial charge in [0.05, 0.1) is 5.69 Å². The summed E-state index contributed by atoms with van der Waals surface area (Å²) < 4.78 is 5.32. The molecule has 4 nitrogen and oxygen atoms in total. The SMILES string of the molecule is CC(C)(C)c1nc(=O)oc2c1ccc1cnccc12. The summed E-state index contributed by atoms with van der Waals surface area (Å²) in [6.07, 6.45) is 3.45. The Labute approximate surface area is 110 Å². The summed E-state index contributed by atoms with van der Waals surface area (Å²) in [4.78, 5) is 19.8. The summed E-state index contributed by atoms with van der Waals surface area (Å²) in [5, 5.41) is 2.72. The first kappa shape index (κ1) is 11.8. The van der Waals surface area contributed by atoms with Crippen LogP contribution in [0.5, 0.6) is 0 Å². The quantitative estimate of drug-likeness (QED) is 0.578. The second kappa shape index (κ2) is 3.88. The highest BCUT2D eigenvalue weighted by molar-refractivity contribution is 6.04. The van der Waals surface area contributed by atoms with Gasteiger partial charge >= 0.3 is 5.76 Å². The molecule has 0 N–H and O–H groups in total. The molecule has 96 valence electrons. The molecule has 0 unspecified atom stereocenters. The zero-order chi connectivity index (χ0) is 13.6. The van der Waals surface area contributed by atoms with E-state index in [0.29, 0.717) is 5.58 Å². The van der Waals surface area contributed by atoms with E-state index in [1.165, 1.54) is 0 Å².